The van der Waals surface area contributed by atoms with Gasteiger partial charge in [0.25, 0.3) is 0 Å². The number of thiazole rings is 1. The number of pyridine rings is 1. The Hall–Kier alpha value is -4.36. The molecule has 0 aliphatic carbocycles. The summed E-state index contributed by atoms with van der Waals surface area (Å²) in [6.07, 6.45) is 3.11. The number of nitrogens with zero attached hydrogens (tertiary/aromatic N) is 4. The molecule has 34 heavy (non-hydrogen) atoms. The molecular formula is C28H18N4OS. The van der Waals surface area contributed by atoms with Gasteiger partial charge in [-0.3, -0.25) is 4.98 Å². The molecule has 0 fully saturated rings. The molecule has 0 spiro atoms. The molecule has 5 aromatic rings. The Bertz CT molecular complexity index is 1520. The Kier molecular flexibility index (Phi) is 6.09. The number of ether oxygens (including phenoxy) is 1. The van der Waals surface area contributed by atoms with E-state index in [0.29, 0.717) is 17.9 Å². The van der Waals surface area contributed by atoms with Crippen molar-refractivity contribution in [3.05, 3.63) is 118 Å². The van der Waals surface area contributed by atoms with E-state index in [0.717, 1.165) is 37.9 Å². The standard InChI is InChI=1S/C28H18N4OS/c29-13-19-8-10-20(11-9-19)17-33-28(27-16-31-18-34-27)22-12-25(26(14-30)32-15-22)24-7-3-5-21-4-1-2-6-23(21)24/h1-12,15-16,18,28H,17H2. The summed E-state index contributed by atoms with van der Waals surface area (Å²) in [6.45, 7) is 0.359. The molecule has 6 heteroatoms. The maximum absolute atomic E-state index is 9.79. The van der Waals surface area contributed by atoms with Gasteiger partial charge in [-0.25, -0.2) is 4.98 Å². The van der Waals surface area contributed by atoms with Gasteiger partial charge in [-0.05, 0) is 40.1 Å². The molecule has 5 rings (SSSR count). The molecule has 2 aromatic heterocycles. The number of fused-ring (bicyclic) bond motifs is 1. The van der Waals surface area contributed by atoms with E-state index in [1.807, 2.05) is 42.5 Å². The molecule has 162 valence electrons. The predicted octanol–water partition coefficient (Wildman–Crippen LogP) is 6.41. The number of rotatable bonds is 6. The maximum Gasteiger partial charge on any atom is 0.148 e. The number of aromatic nitrogens is 2. The summed E-state index contributed by atoms with van der Waals surface area (Å²) in [6, 6.07) is 27.9. The highest BCUT2D eigenvalue weighted by Gasteiger charge is 2.20. The minimum Gasteiger partial charge on any atom is -0.363 e. The molecule has 0 aliphatic rings. The van der Waals surface area contributed by atoms with E-state index in [9.17, 15) is 5.26 Å². The fourth-order valence-electron chi connectivity index (χ4n) is 3.93. The Labute approximate surface area is 201 Å². The molecule has 3 aromatic carbocycles. The maximum atomic E-state index is 9.79. The number of hydrogen-bond acceptors (Lipinski definition) is 6. The van der Waals surface area contributed by atoms with E-state index in [-0.39, 0.29) is 0 Å². The molecule has 0 saturated heterocycles. The summed E-state index contributed by atoms with van der Waals surface area (Å²) >= 11 is 1.51. The van der Waals surface area contributed by atoms with Crippen LogP contribution in [0.5, 0.6) is 0 Å². The van der Waals surface area contributed by atoms with Gasteiger partial charge in [0, 0.05) is 23.5 Å². The van der Waals surface area contributed by atoms with Crippen LogP contribution in [0.15, 0.2) is 90.7 Å². The normalized spacial score (nSPS) is 11.6. The molecule has 1 atom stereocenters. The third kappa shape index (κ3) is 4.29. The summed E-state index contributed by atoms with van der Waals surface area (Å²) in [5.74, 6) is 0. The highest BCUT2D eigenvalue weighted by atomic mass is 32.1. The molecule has 0 saturated carbocycles. The summed E-state index contributed by atoms with van der Waals surface area (Å²) < 4.78 is 6.35. The second-order valence-electron chi connectivity index (χ2n) is 7.71. The molecule has 0 bridgehead atoms. The first kappa shape index (κ1) is 21.5. The van der Waals surface area contributed by atoms with Crippen molar-refractivity contribution in [1.29, 1.82) is 10.5 Å². The average molecular weight is 459 g/mol. The van der Waals surface area contributed by atoms with Crippen molar-refractivity contribution < 1.29 is 4.74 Å². The second kappa shape index (κ2) is 9.64. The van der Waals surface area contributed by atoms with Crippen LogP contribution >= 0.6 is 11.3 Å². The Balaban J connectivity index is 1.55. The molecule has 2 heterocycles. The third-order valence-electron chi connectivity index (χ3n) is 5.61. The van der Waals surface area contributed by atoms with Crippen molar-refractivity contribution in [2.24, 2.45) is 0 Å². The van der Waals surface area contributed by atoms with Crippen LogP contribution in [0.25, 0.3) is 21.9 Å². The zero-order chi connectivity index (χ0) is 23.3. The lowest BCUT2D eigenvalue weighted by Gasteiger charge is -2.18. The molecule has 0 aliphatic heterocycles. The van der Waals surface area contributed by atoms with E-state index in [1.165, 1.54) is 11.3 Å². The van der Waals surface area contributed by atoms with E-state index in [4.69, 9.17) is 10.00 Å². The molecular weight excluding hydrogens is 440 g/mol. The van der Waals surface area contributed by atoms with Gasteiger partial charge in [0.2, 0.25) is 0 Å². The van der Waals surface area contributed by atoms with Gasteiger partial charge in [-0.15, -0.1) is 11.3 Å². The first-order valence-corrected chi connectivity index (χ1v) is 11.5. The number of benzene rings is 3. The molecule has 0 amide bonds. The second-order valence-corrected chi connectivity index (χ2v) is 8.62. The summed E-state index contributed by atoms with van der Waals surface area (Å²) in [5.41, 5.74) is 6.29. The summed E-state index contributed by atoms with van der Waals surface area (Å²) in [7, 11) is 0. The summed E-state index contributed by atoms with van der Waals surface area (Å²) in [5, 5.41) is 21.0. The molecule has 1 unspecified atom stereocenters. The first-order valence-electron chi connectivity index (χ1n) is 10.6. The SMILES string of the molecule is N#Cc1ccc(COC(c2cnc(C#N)c(-c3cccc4ccccc34)c2)c2cncs2)cc1. The lowest BCUT2D eigenvalue weighted by Crippen LogP contribution is -2.07. The van der Waals surface area contributed by atoms with Crippen molar-refractivity contribution in [1.82, 2.24) is 9.97 Å². The van der Waals surface area contributed by atoms with E-state index in [2.05, 4.69) is 40.3 Å². The van der Waals surface area contributed by atoms with Gasteiger partial charge < -0.3 is 4.74 Å². The van der Waals surface area contributed by atoms with Crippen LogP contribution in [0.2, 0.25) is 0 Å². The molecule has 0 N–H and O–H groups in total. The van der Waals surface area contributed by atoms with E-state index >= 15 is 0 Å². The third-order valence-corrected chi connectivity index (χ3v) is 6.43. The van der Waals surface area contributed by atoms with Crippen molar-refractivity contribution in [3.8, 4) is 23.3 Å². The highest BCUT2D eigenvalue weighted by Crippen LogP contribution is 2.35. The van der Waals surface area contributed by atoms with Gasteiger partial charge in [-0.1, -0.05) is 54.6 Å². The minimum atomic E-state index is -0.392. The lowest BCUT2D eigenvalue weighted by atomic mass is 9.95. The first-order chi connectivity index (χ1) is 16.8. The molecule has 0 radical (unpaired) electrons. The fourth-order valence-corrected chi connectivity index (χ4v) is 4.62. The van der Waals surface area contributed by atoms with Crippen LogP contribution < -0.4 is 0 Å². The fraction of sp³-hybridized carbons (Fsp3) is 0.0714. The Morgan fingerprint density at radius 3 is 2.47 bits per heavy atom. The zero-order valence-corrected chi connectivity index (χ0v) is 18.9. The van der Waals surface area contributed by atoms with Gasteiger partial charge in [0.05, 0.1) is 28.6 Å². The molecule has 5 nitrogen and oxygen atoms in total. The van der Waals surface area contributed by atoms with Crippen LogP contribution in [0, 0.1) is 22.7 Å². The average Bonchev–Trinajstić information content (AvgIpc) is 3.43. The predicted molar refractivity (Wildman–Crippen MR) is 132 cm³/mol. The van der Waals surface area contributed by atoms with Crippen molar-refractivity contribution in [2.75, 3.05) is 0 Å². The monoisotopic (exact) mass is 458 g/mol. The van der Waals surface area contributed by atoms with Crippen molar-refractivity contribution in [3.63, 3.8) is 0 Å². The van der Waals surface area contributed by atoms with Crippen molar-refractivity contribution in [2.45, 2.75) is 12.7 Å². The van der Waals surface area contributed by atoms with Crippen LogP contribution in [0.1, 0.15) is 33.4 Å². The largest absolute Gasteiger partial charge is 0.363 e. The van der Waals surface area contributed by atoms with Crippen LogP contribution in [-0.2, 0) is 11.3 Å². The van der Waals surface area contributed by atoms with Gasteiger partial charge >= 0.3 is 0 Å². The number of hydrogen-bond donors (Lipinski definition) is 0. The van der Waals surface area contributed by atoms with Gasteiger partial charge in [-0.2, -0.15) is 10.5 Å². The number of nitriles is 2. The lowest BCUT2D eigenvalue weighted by molar-refractivity contribution is 0.0687. The van der Waals surface area contributed by atoms with Gasteiger partial charge in [0.15, 0.2) is 0 Å². The Morgan fingerprint density at radius 2 is 1.71 bits per heavy atom. The zero-order valence-electron chi connectivity index (χ0n) is 18.1. The van der Waals surface area contributed by atoms with Gasteiger partial charge in [0.1, 0.15) is 17.9 Å². The smallest absolute Gasteiger partial charge is 0.148 e. The highest BCUT2D eigenvalue weighted by molar-refractivity contribution is 7.09. The topological polar surface area (TPSA) is 82.6 Å². The quantitative estimate of drug-likeness (QED) is 0.294. The Morgan fingerprint density at radius 1 is 0.882 bits per heavy atom. The summed E-state index contributed by atoms with van der Waals surface area (Å²) in [4.78, 5) is 9.68. The van der Waals surface area contributed by atoms with Crippen LogP contribution in [0.3, 0.4) is 0 Å². The van der Waals surface area contributed by atoms with Crippen LogP contribution in [-0.4, -0.2) is 9.97 Å². The van der Waals surface area contributed by atoms with Crippen molar-refractivity contribution >= 4 is 22.1 Å². The van der Waals surface area contributed by atoms with E-state index in [1.54, 1.807) is 30.0 Å². The van der Waals surface area contributed by atoms with E-state index < -0.39 is 6.10 Å². The van der Waals surface area contributed by atoms with Crippen LogP contribution in [0.4, 0.5) is 0 Å². The minimum absolute atomic E-state index is 0.359.